The molecule has 154 valence electrons. The van der Waals surface area contributed by atoms with Crippen LogP contribution in [0.25, 0.3) is 0 Å². The van der Waals surface area contributed by atoms with E-state index in [0.29, 0.717) is 30.4 Å². The highest BCUT2D eigenvalue weighted by atomic mass is 79.9. The van der Waals surface area contributed by atoms with Gasteiger partial charge in [-0.15, -0.1) is 0 Å². The Labute approximate surface area is 174 Å². The van der Waals surface area contributed by atoms with Crippen LogP contribution in [-0.4, -0.2) is 78.6 Å². The average molecular weight is 453 g/mol. The Hall–Kier alpha value is -1.80. The molecule has 28 heavy (non-hydrogen) atoms. The molecule has 0 bridgehead atoms. The van der Waals surface area contributed by atoms with Crippen molar-refractivity contribution in [2.45, 2.75) is 32.2 Å². The first kappa shape index (κ1) is 20.9. The predicted octanol–water partition coefficient (Wildman–Crippen LogP) is 2.80. The monoisotopic (exact) mass is 452 g/mol. The summed E-state index contributed by atoms with van der Waals surface area (Å²) in [6.07, 6.45) is 2.63. The van der Waals surface area contributed by atoms with Crippen molar-refractivity contribution in [2.24, 2.45) is 0 Å². The highest BCUT2D eigenvalue weighted by Gasteiger charge is 2.30. The van der Waals surface area contributed by atoms with Gasteiger partial charge in [-0.05, 0) is 44.4 Å². The van der Waals surface area contributed by atoms with Crippen LogP contribution in [0.1, 0.15) is 36.5 Å². The summed E-state index contributed by atoms with van der Waals surface area (Å²) in [6.45, 7) is 6.98. The molecule has 3 rings (SSSR count). The molecule has 0 spiro atoms. The molecule has 1 aromatic rings. The Morgan fingerprint density at radius 1 is 1.11 bits per heavy atom. The van der Waals surface area contributed by atoms with E-state index in [0.717, 1.165) is 56.5 Å². The number of rotatable bonds is 3. The Kier molecular flexibility index (Phi) is 7.18. The molecule has 1 aromatic carbocycles. The molecule has 2 N–H and O–H groups in total. The first-order valence-electron chi connectivity index (χ1n) is 9.99. The van der Waals surface area contributed by atoms with Crippen LogP contribution in [0.3, 0.4) is 0 Å². The molecule has 7 nitrogen and oxygen atoms in total. The van der Waals surface area contributed by atoms with E-state index in [2.05, 4.69) is 20.8 Å². The van der Waals surface area contributed by atoms with Gasteiger partial charge in [-0.1, -0.05) is 15.9 Å². The minimum atomic E-state index is -0.212. The van der Waals surface area contributed by atoms with Gasteiger partial charge < -0.3 is 20.3 Å². The molecule has 0 unspecified atom stereocenters. The van der Waals surface area contributed by atoms with Crippen LogP contribution in [0.15, 0.2) is 22.7 Å². The number of benzene rings is 1. The van der Waals surface area contributed by atoms with Gasteiger partial charge in [-0.25, -0.2) is 4.79 Å². The number of carbonyl (C=O) groups excluding carboxylic acids is 2. The summed E-state index contributed by atoms with van der Waals surface area (Å²) < 4.78 is 5.99. The lowest BCUT2D eigenvalue weighted by molar-refractivity contribution is 0.0620. The zero-order chi connectivity index (χ0) is 20.1. The van der Waals surface area contributed by atoms with Crippen molar-refractivity contribution in [1.29, 1.82) is 0 Å². The number of piperidine rings is 1. The second kappa shape index (κ2) is 9.60. The van der Waals surface area contributed by atoms with Gasteiger partial charge in [0, 0.05) is 55.5 Å². The zero-order valence-corrected chi connectivity index (χ0v) is 18.0. The molecular formula is C20H29BrN4O3. The Morgan fingerprint density at radius 2 is 1.86 bits per heavy atom. The van der Waals surface area contributed by atoms with Crippen molar-refractivity contribution in [3.8, 4) is 0 Å². The number of nitrogens with two attached hydrogens (primary N) is 1. The molecule has 2 fully saturated rings. The van der Waals surface area contributed by atoms with Crippen LogP contribution in [0.4, 0.5) is 10.5 Å². The van der Waals surface area contributed by atoms with Gasteiger partial charge in [-0.2, -0.15) is 0 Å². The van der Waals surface area contributed by atoms with E-state index >= 15 is 0 Å². The van der Waals surface area contributed by atoms with E-state index in [1.54, 1.807) is 17.0 Å². The minimum Gasteiger partial charge on any atom is -0.450 e. The number of hydrogen-bond donors (Lipinski definition) is 1. The first-order chi connectivity index (χ1) is 13.5. The molecular weight excluding hydrogens is 424 g/mol. The van der Waals surface area contributed by atoms with Crippen LogP contribution in [0, 0.1) is 0 Å². The van der Waals surface area contributed by atoms with Gasteiger partial charge in [-0.3, -0.25) is 9.69 Å². The van der Waals surface area contributed by atoms with E-state index in [4.69, 9.17) is 10.5 Å². The molecule has 0 aliphatic carbocycles. The standard InChI is InChI=1S/C20H29BrN4O3/c1-2-28-20(27)25-9-3-8-23(12-13-25)16-6-10-24(11-7-16)19(26)17-14-15(21)4-5-18(17)22/h4-5,14,16H,2-3,6-13,22H2,1H3. The van der Waals surface area contributed by atoms with Gasteiger partial charge in [0.1, 0.15) is 0 Å². The van der Waals surface area contributed by atoms with Gasteiger partial charge in [0.2, 0.25) is 0 Å². The lowest BCUT2D eigenvalue weighted by Crippen LogP contribution is -2.48. The van der Waals surface area contributed by atoms with Gasteiger partial charge in [0.15, 0.2) is 0 Å². The van der Waals surface area contributed by atoms with Gasteiger partial charge in [0.25, 0.3) is 5.91 Å². The molecule has 2 heterocycles. The fourth-order valence-corrected chi connectivity index (χ4v) is 4.38. The maximum absolute atomic E-state index is 12.8. The molecule has 2 amide bonds. The van der Waals surface area contributed by atoms with E-state index in [1.807, 2.05) is 17.9 Å². The second-order valence-electron chi connectivity index (χ2n) is 7.33. The van der Waals surface area contributed by atoms with Crippen LogP contribution in [0.2, 0.25) is 0 Å². The van der Waals surface area contributed by atoms with Crippen molar-refractivity contribution < 1.29 is 14.3 Å². The maximum atomic E-state index is 12.8. The number of anilines is 1. The van der Waals surface area contributed by atoms with E-state index < -0.39 is 0 Å². The highest BCUT2D eigenvalue weighted by molar-refractivity contribution is 9.10. The lowest BCUT2D eigenvalue weighted by atomic mass is 10.0. The van der Waals surface area contributed by atoms with Gasteiger partial charge in [0.05, 0.1) is 12.2 Å². The molecule has 8 heteroatoms. The summed E-state index contributed by atoms with van der Waals surface area (Å²) in [5.41, 5.74) is 7.08. The first-order valence-corrected chi connectivity index (χ1v) is 10.8. The summed E-state index contributed by atoms with van der Waals surface area (Å²) in [4.78, 5) is 31.0. The largest absolute Gasteiger partial charge is 0.450 e. The molecule has 2 saturated heterocycles. The maximum Gasteiger partial charge on any atom is 0.409 e. The number of ether oxygens (including phenoxy) is 1. The number of hydrogen-bond acceptors (Lipinski definition) is 5. The fourth-order valence-electron chi connectivity index (χ4n) is 4.02. The van der Waals surface area contributed by atoms with E-state index in [-0.39, 0.29) is 12.0 Å². The summed E-state index contributed by atoms with van der Waals surface area (Å²) in [5.74, 6) is 0.00148. The van der Waals surface area contributed by atoms with Crippen LogP contribution in [-0.2, 0) is 4.74 Å². The number of likely N-dealkylation sites (tertiary alicyclic amines) is 1. The normalized spacial score (nSPS) is 19.4. The number of nitrogens with zero attached hydrogens (tertiary/aromatic N) is 3. The predicted molar refractivity (Wildman–Crippen MR) is 112 cm³/mol. The number of carbonyl (C=O) groups is 2. The highest BCUT2D eigenvalue weighted by Crippen LogP contribution is 2.24. The Bertz CT molecular complexity index is 707. The lowest BCUT2D eigenvalue weighted by Gasteiger charge is -2.38. The zero-order valence-electron chi connectivity index (χ0n) is 16.4. The number of amides is 2. The topological polar surface area (TPSA) is 79.1 Å². The van der Waals surface area contributed by atoms with Crippen LogP contribution >= 0.6 is 15.9 Å². The summed E-state index contributed by atoms with van der Waals surface area (Å²) in [6, 6.07) is 5.85. The summed E-state index contributed by atoms with van der Waals surface area (Å²) >= 11 is 3.41. The van der Waals surface area contributed by atoms with Crippen molar-refractivity contribution >= 4 is 33.6 Å². The third-order valence-corrected chi connectivity index (χ3v) is 6.06. The van der Waals surface area contributed by atoms with E-state index in [1.165, 1.54) is 0 Å². The smallest absolute Gasteiger partial charge is 0.409 e. The third kappa shape index (κ3) is 4.97. The molecule has 2 aliphatic heterocycles. The molecule has 0 saturated carbocycles. The fraction of sp³-hybridized carbons (Fsp3) is 0.600. The molecule has 0 atom stereocenters. The van der Waals surface area contributed by atoms with Crippen LogP contribution in [0.5, 0.6) is 0 Å². The molecule has 2 aliphatic rings. The molecule has 0 aromatic heterocycles. The summed E-state index contributed by atoms with van der Waals surface area (Å²) in [7, 11) is 0. The van der Waals surface area contributed by atoms with Crippen molar-refractivity contribution in [3.63, 3.8) is 0 Å². The number of nitrogen functional groups attached to an aromatic ring is 1. The minimum absolute atomic E-state index is 0.00148. The van der Waals surface area contributed by atoms with Gasteiger partial charge >= 0.3 is 6.09 Å². The van der Waals surface area contributed by atoms with Crippen LogP contribution < -0.4 is 5.73 Å². The van der Waals surface area contributed by atoms with E-state index in [9.17, 15) is 9.59 Å². The Balaban J connectivity index is 1.53. The van der Waals surface area contributed by atoms with Crippen molar-refractivity contribution in [3.05, 3.63) is 28.2 Å². The quantitative estimate of drug-likeness (QED) is 0.713. The SMILES string of the molecule is CCOC(=O)N1CCCN(C2CCN(C(=O)c3cc(Br)ccc3N)CC2)CC1. The van der Waals surface area contributed by atoms with Crippen molar-refractivity contribution in [2.75, 3.05) is 51.6 Å². The average Bonchev–Trinajstić information content (AvgIpc) is 2.96. The second-order valence-corrected chi connectivity index (χ2v) is 8.25. The third-order valence-electron chi connectivity index (χ3n) is 5.57. The number of halogens is 1. The van der Waals surface area contributed by atoms with Crippen molar-refractivity contribution in [1.82, 2.24) is 14.7 Å². The Morgan fingerprint density at radius 3 is 2.57 bits per heavy atom. The molecule has 0 radical (unpaired) electrons. The summed E-state index contributed by atoms with van der Waals surface area (Å²) in [5, 5.41) is 0.